The van der Waals surface area contributed by atoms with E-state index in [4.69, 9.17) is 23.2 Å². The molecule has 1 atom stereocenters. The number of aromatic nitrogens is 2. The number of hydrogen-bond acceptors (Lipinski definition) is 4. The van der Waals surface area contributed by atoms with E-state index in [1.807, 2.05) is 6.07 Å². The molecule has 2 aromatic rings. The molecule has 0 radical (unpaired) electrons. The van der Waals surface area contributed by atoms with Crippen LogP contribution in [0.1, 0.15) is 53.9 Å². The molecule has 2 aromatic heterocycles. The number of aryl methyl sites for hydroxylation is 1. The summed E-state index contributed by atoms with van der Waals surface area (Å²) < 4.78 is 0. The van der Waals surface area contributed by atoms with Crippen LogP contribution in [0.4, 0.5) is 0 Å². The lowest BCUT2D eigenvalue weighted by atomic mass is 10.2. The molecule has 0 aromatic carbocycles. The van der Waals surface area contributed by atoms with Crippen molar-refractivity contribution in [3.05, 3.63) is 43.6 Å². The van der Waals surface area contributed by atoms with Crippen LogP contribution in [-0.2, 0) is 6.54 Å². The highest BCUT2D eigenvalue weighted by molar-refractivity contribution is 7.11. The van der Waals surface area contributed by atoms with Crippen molar-refractivity contribution in [1.29, 1.82) is 0 Å². The second-order valence-corrected chi connectivity index (χ2v) is 7.64. The first kappa shape index (κ1) is 17.7. The van der Waals surface area contributed by atoms with Gasteiger partial charge < -0.3 is 0 Å². The number of halogens is 2. The molecule has 0 aliphatic rings. The third kappa shape index (κ3) is 3.99. The van der Waals surface area contributed by atoms with E-state index in [9.17, 15) is 0 Å². The van der Waals surface area contributed by atoms with Gasteiger partial charge in [0.2, 0.25) is 0 Å². The predicted molar refractivity (Wildman–Crippen MR) is 95.1 cm³/mol. The van der Waals surface area contributed by atoms with Gasteiger partial charge in [-0.2, -0.15) is 0 Å². The summed E-state index contributed by atoms with van der Waals surface area (Å²) in [6.07, 6.45) is 0. The maximum Gasteiger partial charge on any atom is 0.135 e. The number of nitrogens with zero attached hydrogens (tertiary/aromatic N) is 3. The average molecular weight is 358 g/mol. The summed E-state index contributed by atoms with van der Waals surface area (Å²) in [4.78, 5) is 12.3. The molecule has 120 valence electrons. The molecule has 0 saturated heterocycles. The Morgan fingerprint density at radius 3 is 2.41 bits per heavy atom. The third-order valence-corrected chi connectivity index (χ3v) is 5.86. The Morgan fingerprint density at radius 1 is 1.18 bits per heavy atom. The third-order valence-electron chi connectivity index (χ3n) is 3.70. The molecular formula is C16H21Cl2N3S. The quantitative estimate of drug-likeness (QED) is 0.664. The van der Waals surface area contributed by atoms with Gasteiger partial charge in [0.1, 0.15) is 10.3 Å². The van der Waals surface area contributed by atoms with Crippen LogP contribution < -0.4 is 0 Å². The molecule has 22 heavy (non-hydrogen) atoms. The fraction of sp³-hybridized carbons (Fsp3) is 0.500. The van der Waals surface area contributed by atoms with Gasteiger partial charge in [-0.3, -0.25) is 4.90 Å². The summed E-state index contributed by atoms with van der Waals surface area (Å²) in [5, 5.41) is 2.08. The highest BCUT2D eigenvalue weighted by atomic mass is 35.5. The summed E-state index contributed by atoms with van der Waals surface area (Å²) in [6.45, 7) is 9.35. The minimum Gasteiger partial charge on any atom is -0.294 e. The Labute approximate surface area is 146 Å². The Kier molecular flexibility index (Phi) is 5.83. The lowest BCUT2D eigenvalue weighted by Gasteiger charge is -2.24. The lowest BCUT2D eigenvalue weighted by Crippen LogP contribution is -2.22. The van der Waals surface area contributed by atoms with E-state index in [1.165, 1.54) is 9.88 Å². The number of rotatable bonds is 5. The molecule has 0 spiro atoms. The van der Waals surface area contributed by atoms with Crippen molar-refractivity contribution < 1.29 is 0 Å². The SMILES string of the molecule is Cc1nc(C(C)C)sc1C(C)N(C)Cc1ccc(Cl)nc1Cl. The molecule has 2 rings (SSSR count). The van der Waals surface area contributed by atoms with Crippen LogP contribution in [0.2, 0.25) is 10.3 Å². The number of thiazole rings is 1. The molecule has 2 heterocycles. The van der Waals surface area contributed by atoms with Gasteiger partial charge in [-0.15, -0.1) is 11.3 Å². The van der Waals surface area contributed by atoms with Gasteiger partial charge in [-0.25, -0.2) is 9.97 Å². The normalized spacial score (nSPS) is 13.1. The fourth-order valence-corrected chi connectivity index (χ4v) is 3.82. The zero-order chi connectivity index (χ0) is 16.4. The van der Waals surface area contributed by atoms with Crippen molar-refractivity contribution >= 4 is 34.5 Å². The van der Waals surface area contributed by atoms with Crippen LogP contribution in [-0.4, -0.2) is 21.9 Å². The lowest BCUT2D eigenvalue weighted by molar-refractivity contribution is 0.255. The van der Waals surface area contributed by atoms with Crippen LogP contribution in [0.15, 0.2) is 12.1 Å². The van der Waals surface area contributed by atoms with Gasteiger partial charge >= 0.3 is 0 Å². The maximum atomic E-state index is 6.17. The first-order valence-corrected chi connectivity index (χ1v) is 8.85. The Bertz CT molecular complexity index is 655. The molecule has 6 heteroatoms. The molecular weight excluding hydrogens is 337 g/mol. The molecule has 0 amide bonds. The molecule has 0 aliphatic heterocycles. The van der Waals surface area contributed by atoms with Gasteiger partial charge in [-0.05, 0) is 27.0 Å². The van der Waals surface area contributed by atoms with Crippen molar-refractivity contribution in [2.45, 2.75) is 46.2 Å². The minimum absolute atomic E-state index is 0.275. The van der Waals surface area contributed by atoms with Crippen molar-refractivity contribution in [2.75, 3.05) is 7.05 Å². The van der Waals surface area contributed by atoms with E-state index in [1.54, 1.807) is 17.4 Å². The summed E-state index contributed by atoms with van der Waals surface area (Å²) in [7, 11) is 2.09. The minimum atomic E-state index is 0.275. The van der Waals surface area contributed by atoms with Crippen molar-refractivity contribution in [2.24, 2.45) is 0 Å². The standard InChI is InChI=1S/C16H21Cl2N3S/c1-9(2)16-19-10(3)14(22-16)11(4)21(5)8-12-6-7-13(17)20-15(12)18/h6-7,9,11H,8H2,1-5H3. The first-order chi connectivity index (χ1) is 10.3. The van der Waals surface area contributed by atoms with Crippen molar-refractivity contribution in [3.8, 4) is 0 Å². The van der Waals surface area contributed by atoms with Gasteiger partial charge in [0.15, 0.2) is 0 Å². The Balaban J connectivity index is 2.16. The topological polar surface area (TPSA) is 29.0 Å². The molecule has 0 aliphatic carbocycles. The van der Waals surface area contributed by atoms with Gasteiger partial charge in [0.05, 0.1) is 10.7 Å². The van der Waals surface area contributed by atoms with Crippen molar-refractivity contribution in [3.63, 3.8) is 0 Å². The zero-order valence-corrected chi connectivity index (χ0v) is 15.9. The van der Waals surface area contributed by atoms with Crippen LogP contribution in [0.5, 0.6) is 0 Å². The van der Waals surface area contributed by atoms with Gasteiger partial charge in [0.25, 0.3) is 0 Å². The molecule has 0 bridgehead atoms. The van der Waals surface area contributed by atoms with E-state index >= 15 is 0 Å². The zero-order valence-electron chi connectivity index (χ0n) is 13.5. The Morgan fingerprint density at radius 2 is 1.86 bits per heavy atom. The molecule has 0 fully saturated rings. The molecule has 3 nitrogen and oxygen atoms in total. The summed E-state index contributed by atoms with van der Waals surface area (Å²) in [5.41, 5.74) is 2.10. The van der Waals surface area contributed by atoms with E-state index in [-0.39, 0.29) is 6.04 Å². The highest BCUT2D eigenvalue weighted by Crippen LogP contribution is 2.32. The maximum absolute atomic E-state index is 6.17. The van der Waals surface area contributed by atoms with E-state index in [0.29, 0.717) is 16.2 Å². The number of hydrogen-bond donors (Lipinski definition) is 0. The predicted octanol–water partition coefficient (Wildman–Crippen LogP) is 5.47. The first-order valence-electron chi connectivity index (χ1n) is 7.28. The number of pyridine rings is 1. The molecule has 0 saturated carbocycles. The highest BCUT2D eigenvalue weighted by Gasteiger charge is 2.20. The monoisotopic (exact) mass is 357 g/mol. The second-order valence-electron chi connectivity index (χ2n) is 5.83. The van der Waals surface area contributed by atoms with Crippen LogP contribution >= 0.6 is 34.5 Å². The van der Waals surface area contributed by atoms with Gasteiger partial charge in [-0.1, -0.05) is 43.1 Å². The van der Waals surface area contributed by atoms with Crippen LogP contribution in [0.3, 0.4) is 0 Å². The summed E-state index contributed by atoms with van der Waals surface area (Å²) in [6, 6.07) is 3.98. The summed E-state index contributed by atoms with van der Waals surface area (Å²) >= 11 is 13.8. The fourth-order valence-electron chi connectivity index (χ4n) is 2.23. The van der Waals surface area contributed by atoms with Crippen LogP contribution in [0.25, 0.3) is 0 Å². The average Bonchev–Trinajstić information content (AvgIpc) is 2.83. The molecule has 0 N–H and O–H groups in total. The largest absolute Gasteiger partial charge is 0.294 e. The summed E-state index contributed by atoms with van der Waals surface area (Å²) in [5.74, 6) is 0.463. The smallest absolute Gasteiger partial charge is 0.135 e. The Hall–Kier alpha value is -0.680. The van der Waals surface area contributed by atoms with Crippen LogP contribution in [0, 0.1) is 6.92 Å². The second kappa shape index (κ2) is 7.26. The van der Waals surface area contributed by atoms with Gasteiger partial charge in [0, 0.05) is 28.9 Å². The van der Waals surface area contributed by atoms with E-state index in [0.717, 1.165) is 17.8 Å². The van der Waals surface area contributed by atoms with E-state index in [2.05, 4.69) is 49.6 Å². The molecule has 1 unspecified atom stereocenters. The van der Waals surface area contributed by atoms with Crippen molar-refractivity contribution in [1.82, 2.24) is 14.9 Å². The van der Waals surface area contributed by atoms with E-state index < -0.39 is 0 Å².